The smallest absolute Gasteiger partial charge is 0.292 e. The van der Waals surface area contributed by atoms with Crippen LogP contribution in [-0.2, 0) is 12.8 Å². The zero-order valence-corrected chi connectivity index (χ0v) is 16.5. The zero-order valence-electron chi connectivity index (χ0n) is 15.7. The van der Waals surface area contributed by atoms with Crippen molar-refractivity contribution in [3.05, 3.63) is 51.1 Å². The molecule has 140 valence electrons. The molecule has 0 radical (unpaired) electrons. The molecule has 6 heteroatoms. The molecule has 0 atom stereocenters. The molecule has 1 aliphatic carbocycles. The second-order valence-electron chi connectivity index (χ2n) is 7.00. The standard InChI is InChI=1S/C21H22N2O3S/c1-11-8-9-15-14(10-11)12(2)18(26-15)20(25)23-21-17(19(24)22-3)13-6-4-5-7-16(13)27-21/h8-10H,4-7H2,1-3H3,(H,22,24)(H,23,25). The molecule has 2 heterocycles. The Balaban J connectivity index is 1.72. The molecular formula is C21H22N2O3S. The predicted molar refractivity (Wildman–Crippen MR) is 108 cm³/mol. The molecule has 0 saturated heterocycles. The second kappa shape index (κ2) is 6.85. The fraction of sp³-hybridized carbons (Fsp3) is 0.333. The van der Waals surface area contributed by atoms with Gasteiger partial charge in [-0.25, -0.2) is 0 Å². The molecule has 1 aromatic carbocycles. The van der Waals surface area contributed by atoms with Crippen LogP contribution in [0.5, 0.6) is 0 Å². The summed E-state index contributed by atoms with van der Waals surface area (Å²) in [6.45, 7) is 3.90. The van der Waals surface area contributed by atoms with E-state index < -0.39 is 0 Å². The average Bonchev–Trinajstić information content (AvgIpc) is 3.18. The number of hydrogen-bond donors (Lipinski definition) is 2. The first-order valence-electron chi connectivity index (χ1n) is 9.17. The van der Waals surface area contributed by atoms with Gasteiger partial charge in [0.25, 0.3) is 11.8 Å². The SMILES string of the molecule is CNC(=O)c1c(NC(=O)c2oc3ccc(C)cc3c2C)sc2c1CCCC2. The molecule has 2 aromatic heterocycles. The van der Waals surface area contributed by atoms with Crippen LogP contribution >= 0.6 is 11.3 Å². The summed E-state index contributed by atoms with van der Waals surface area (Å²) in [5, 5.41) is 7.20. The maximum atomic E-state index is 12.9. The Morgan fingerprint density at radius 2 is 1.89 bits per heavy atom. The average molecular weight is 382 g/mol. The van der Waals surface area contributed by atoms with Crippen molar-refractivity contribution in [2.75, 3.05) is 12.4 Å². The van der Waals surface area contributed by atoms with Gasteiger partial charge in [-0.15, -0.1) is 11.3 Å². The number of fused-ring (bicyclic) bond motifs is 2. The van der Waals surface area contributed by atoms with Gasteiger partial charge < -0.3 is 15.1 Å². The van der Waals surface area contributed by atoms with Crippen LogP contribution < -0.4 is 10.6 Å². The van der Waals surface area contributed by atoms with E-state index in [1.54, 1.807) is 7.05 Å². The van der Waals surface area contributed by atoms with E-state index in [2.05, 4.69) is 10.6 Å². The van der Waals surface area contributed by atoms with Crippen molar-refractivity contribution >= 4 is 39.1 Å². The van der Waals surface area contributed by atoms with Gasteiger partial charge in [-0.1, -0.05) is 11.6 Å². The maximum Gasteiger partial charge on any atom is 0.292 e. The quantitative estimate of drug-likeness (QED) is 0.695. The highest BCUT2D eigenvalue weighted by Crippen LogP contribution is 2.38. The lowest BCUT2D eigenvalue weighted by Gasteiger charge is -2.12. The van der Waals surface area contributed by atoms with Crippen molar-refractivity contribution in [3.8, 4) is 0 Å². The second-order valence-corrected chi connectivity index (χ2v) is 8.11. The fourth-order valence-corrected chi connectivity index (χ4v) is 5.01. The summed E-state index contributed by atoms with van der Waals surface area (Å²) >= 11 is 1.51. The minimum atomic E-state index is -0.315. The molecule has 0 fully saturated rings. The van der Waals surface area contributed by atoms with Gasteiger partial charge in [0, 0.05) is 22.9 Å². The normalized spacial score (nSPS) is 13.4. The number of carbonyl (C=O) groups is 2. The van der Waals surface area contributed by atoms with E-state index in [0.717, 1.165) is 47.8 Å². The molecule has 1 aliphatic rings. The number of hydrogen-bond acceptors (Lipinski definition) is 4. The molecule has 4 rings (SSSR count). The molecule has 27 heavy (non-hydrogen) atoms. The Kier molecular flexibility index (Phi) is 4.52. The molecule has 0 unspecified atom stereocenters. The number of thiophene rings is 1. The van der Waals surface area contributed by atoms with Crippen LogP contribution in [0.2, 0.25) is 0 Å². The molecule has 3 aromatic rings. The lowest BCUT2D eigenvalue weighted by atomic mass is 9.95. The number of benzene rings is 1. The van der Waals surface area contributed by atoms with E-state index in [9.17, 15) is 9.59 Å². The lowest BCUT2D eigenvalue weighted by molar-refractivity contribution is 0.0963. The van der Waals surface area contributed by atoms with Crippen LogP contribution in [0.1, 0.15) is 55.3 Å². The van der Waals surface area contributed by atoms with Crippen molar-refractivity contribution in [1.82, 2.24) is 5.32 Å². The lowest BCUT2D eigenvalue weighted by Crippen LogP contribution is -2.22. The highest BCUT2D eigenvalue weighted by molar-refractivity contribution is 7.17. The largest absolute Gasteiger partial charge is 0.451 e. The van der Waals surface area contributed by atoms with Gasteiger partial charge in [0.2, 0.25) is 0 Å². The van der Waals surface area contributed by atoms with Crippen molar-refractivity contribution in [3.63, 3.8) is 0 Å². The molecule has 0 saturated carbocycles. The summed E-state index contributed by atoms with van der Waals surface area (Å²) in [5.74, 6) is -0.170. The van der Waals surface area contributed by atoms with Gasteiger partial charge in [0.05, 0.1) is 5.56 Å². The predicted octanol–water partition coefficient (Wildman–Crippen LogP) is 4.60. The molecule has 5 nitrogen and oxygen atoms in total. The number of rotatable bonds is 3. The van der Waals surface area contributed by atoms with Gasteiger partial charge in [-0.3, -0.25) is 9.59 Å². The first-order chi connectivity index (χ1) is 13.0. The number of amides is 2. The molecule has 2 amide bonds. The van der Waals surface area contributed by atoms with Gasteiger partial charge in [0.1, 0.15) is 10.6 Å². The Morgan fingerprint density at radius 3 is 2.67 bits per heavy atom. The van der Waals surface area contributed by atoms with Crippen molar-refractivity contribution in [2.45, 2.75) is 39.5 Å². The third-order valence-electron chi connectivity index (χ3n) is 5.15. The summed E-state index contributed by atoms with van der Waals surface area (Å²) in [5.41, 5.74) is 4.31. The third kappa shape index (κ3) is 3.04. The fourth-order valence-electron chi connectivity index (χ4n) is 3.73. The summed E-state index contributed by atoms with van der Waals surface area (Å²) < 4.78 is 5.81. The first kappa shape index (κ1) is 17.8. The van der Waals surface area contributed by atoms with Crippen LogP contribution in [0.3, 0.4) is 0 Å². The maximum absolute atomic E-state index is 12.9. The number of carbonyl (C=O) groups excluding carboxylic acids is 2. The Labute approximate surface area is 161 Å². The number of nitrogens with one attached hydrogen (secondary N) is 2. The molecule has 0 bridgehead atoms. The number of furan rings is 1. The van der Waals surface area contributed by atoms with Gasteiger partial charge >= 0.3 is 0 Å². The third-order valence-corrected chi connectivity index (χ3v) is 6.36. The van der Waals surface area contributed by atoms with Crippen molar-refractivity contribution in [2.24, 2.45) is 0 Å². The minimum absolute atomic E-state index is 0.151. The summed E-state index contributed by atoms with van der Waals surface area (Å²) in [6, 6.07) is 5.86. The van der Waals surface area contributed by atoms with Crippen LogP contribution in [-0.4, -0.2) is 18.9 Å². The Hall–Kier alpha value is -2.60. The Morgan fingerprint density at radius 1 is 1.11 bits per heavy atom. The zero-order chi connectivity index (χ0) is 19.1. The van der Waals surface area contributed by atoms with E-state index >= 15 is 0 Å². The van der Waals surface area contributed by atoms with Gasteiger partial charge in [-0.2, -0.15) is 0 Å². The van der Waals surface area contributed by atoms with Crippen molar-refractivity contribution in [1.29, 1.82) is 0 Å². The van der Waals surface area contributed by atoms with E-state index in [4.69, 9.17) is 4.42 Å². The first-order valence-corrected chi connectivity index (χ1v) is 9.99. The van der Waals surface area contributed by atoms with Crippen LogP contribution in [0.25, 0.3) is 11.0 Å². The topological polar surface area (TPSA) is 71.3 Å². The van der Waals surface area contributed by atoms with Gasteiger partial charge in [0.15, 0.2) is 5.76 Å². The monoisotopic (exact) mass is 382 g/mol. The van der Waals surface area contributed by atoms with E-state index in [1.165, 1.54) is 16.2 Å². The number of aryl methyl sites for hydroxylation is 3. The summed E-state index contributed by atoms with van der Waals surface area (Å²) in [4.78, 5) is 26.6. The summed E-state index contributed by atoms with van der Waals surface area (Å²) in [6.07, 6.45) is 4.04. The van der Waals surface area contributed by atoms with E-state index in [1.807, 2.05) is 32.0 Å². The van der Waals surface area contributed by atoms with Gasteiger partial charge in [-0.05, 0) is 57.2 Å². The van der Waals surface area contributed by atoms with Crippen LogP contribution in [0.4, 0.5) is 5.00 Å². The minimum Gasteiger partial charge on any atom is -0.451 e. The molecule has 0 spiro atoms. The summed E-state index contributed by atoms with van der Waals surface area (Å²) in [7, 11) is 1.62. The van der Waals surface area contributed by atoms with E-state index in [-0.39, 0.29) is 11.8 Å². The van der Waals surface area contributed by atoms with Crippen LogP contribution in [0.15, 0.2) is 22.6 Å². The van der Waals surface area contributed by atoms with E-state index in [0.29, 0.717) is 21.9 Å². The van der Waals surface area contributed by atoms with Crippen LogP contribution in [0, 0.1) is 13.8 Å². The molecule has 0 aliphatic heterocycles. The Bertz CT molecular complexity index is 1060. The molecule has 2 N–H and O–H groups in total. The highest BCUT2D eigenvalue weighted by Gasteiger charge is 2.27. The van der Waals surface area contributed by atoms with Crippen molar-refractivity contribution < 1.29 is 14.0 Å². The molecular weight excluding hydrogens is 360 g/mol. The highest BCUT2D eigenvalue weighted by atomic mass is 32.1. The number of anilines is 1.